The SMILES string of the molecule is COc1c(O)ccc(C=C(C#N)C#N)c1Br. The van der Waals surface area contributed by atoms with Crippen molar-refractivity contribution in [3.05, 3.63) is 27.7 Å². The lowest BCUT2D eigenvalue weighted by atomic mass is 10.1. The number of hydrogen-bond acceptors (Lipinski definition) is 4. The Labute approximate surface area is 101 Å². The van der Waals surface area contributed by atoms with Gasteiger partial charge in [0.05, 0.1) is 11.6 Å². The van der Waals surface area contributed by atoms with E-state index in [0.29, 0.717) is 10.0 Å². The third-order valence-corrected chi connectivity index (χ3v) is 2.67. The summed E-state index contributed by atoms with van der Waals surface area (Å²) in [5.41, 5.74) is 0.571. The van der Waals surface area contributed by atoms with Gasteiger partial charge < -0.3 is 9.84 Å². The van der Waals surface area contributed by atoms with Crippen molar-refractivity contribution in [2.24, 2.45) is 0 Å². The Morgan fingerprint density at radius 2 is 2.06 bits per heavy atom. The minimum absolute atomic E-state index is 0.0120. The molecule has 16 heavy (non-hydrogen) atoms. The second-order valence-corrected chi connectivity index (χ2v) is 3.60. The van der Waals surface area contributed by atoms with Gasteiger partial charge >= 0.3 is 0 Å². The number of phenolic OH excluding ortho intramolecular Hbond substituents is 1. The van der Waals surface area contributed by atoms with Crippen molar-refractivity contribution in [2.75, 3.05) is 7.11 Å². The molecule has 0 aliphatic rings. The van der Waals surface area contributed by atoms with Crippen molar-refractivity contribution in [1.82, 2.24) is 0 Å². The summed E-state index contributed by atoms with van der Waals surface area (Å²) in [5.74, 6) is 0.256. The van der Waals surface area contributed by atoms with E-state index in [4.69, 9.17) is 15.3 Å². The number of phenols is 1. The van der Waals surface area contributed by atoms with Gasteiger partial charge in [0, 0.05) is 0 Å². The first-order valence-electron chi connectivity index (χ1n) is 4.21. The zero-order chi connectivity index (χ0) is 12.1. The van der Waals surface area contributed by atoms with Crippen LogP contribution in [0.5, 0.6) is 11.5 Å². The van der Waals surface area contributed by atoms with Crippen LogP contribution in [0.3, 0.4) is 0 Å². The van der Waals surface area contributed by atoms with Crippen LogP contribution in [0.4, 0.5) is 0 Å². The number of halogens is 1. The summed E-state index contributed by atoms with van der Waals surface area (Å²) in [7, 11) is 1.42. The summed E-state index contributed by atoms with van der Waals surface area (Å²) < 4.78 is 5.47. The maximum Gasteiger partial charge on any atom is 0.175 e. The highest BCUT2D eigenvalue weighted by Crippen LogP contribution is 2.37. The molecule has 1 aromatic carbocycles. The predicted octanol–water partition coefficient (Wildman–Crippen LogP) is 2.59. The van der Waals surface area contributed by atoms with Gasteiger partial charge in [-0.1, -0.05) is 0 Å². The molecule has 0 saturated carbocycles. The summed E-state index contributed by atoms with van der Waals surface area (Å²) in [6, 6.07) is 6.52. The van der Waals surface area contributed by atoms with Gasteiger partial charge in [0.15, 0.2) is 11.5 Å². The summed E-state index contributed by atoms with van der Waals surface area (Å²) in [6.07, 6.45) is 1.41. The summed E-state index contributed by atoms with van der Waals surface area (Å²) in [4.78, 5) is 0. The van der Waals surface area contributed by atoms with Crippen molar-refractivity contribution < 1.29 is 9.84 Å². The molecule has 0 spiro atoms. The minimum Gasteiger partial charge on any atom is -0.504 e. The van der Waals surface area contributed by atoms with E-state index in [9.17, 15) is 5.11 Å². The van der Waals surface area contributed by atoms with Crippen molar-refractivity contribution >= 4 is 22.0 Å². The molecule has 0 aromatic heterocycles. The van der Waals surface area contributed by atoms with Gasteiger partial charge in [-0.25, -0.2) is 0 Å². The van der Waals surface area contributed by atoms with E-state index >= 15 is 0 Å². The van der Waals surface area contributed by atoms with E-state index in [1.807, 2.05) is 0 Å². The number of benzene rings is 1. The van der Waals surface area contributed by atoms with Crippen LogP contribution in [-0.4, -0.2) is 12.2 Å². The predicted molar refractivity (Wildman–Crippen MR) is 61.6 cm³/mol. The maximum atomic E-state index is 9.46. The molecular formula is C11H7BrN2O2. The van der Waals surface area contributed by atoms with Gasteiger partial charge in [0.1, 0.15) is 17.7 Å². The number of aromatic hydroxyl groups is 1. The molecule has 0 fully saturated rings. The van der Waals surface area contributed by atoms with E-state index < -0.39 is 0 Å². The first-order valence-corrected chi connectivity index (χ1v) is 5.00. The molecule has 80 valence electrons. The zero-order valence-electron chi connectivity index (χ0n) is 8.36. The standard InChI is InChI=1S/C11H7BrN2O2/c1-16-11-9(15)3-2-8(10(11)12)4-7(5-13)6-14/h2-4,15H,1H3. The van der Waals surface area contributed by atoms with Crippen molar-refractivity contribution in [1.29, 1.82) is 10.5 Å². The number of nitrogens with zero attached hydrogens (tertiary/aromatic N) is 2. The quantitative estimate of drug-likeness (QED) is 0.844. The largest absolute Gasteiger partial charge is 0.504 e. The molecule has 0 aliphatic heterocycles. The fourth-order valence-electron chi connectivity index (χ4n) is 1.11. The molecule has 0 aliphatic carbocycles. The van der Waals surface area contributed by atoms with Crippen LogP contribution in [0, 0.1) is 22.7 Å². The van der Waals surface area contributed by atoms with Crippen LogP contribution in [0.15, 0.2) is 22.2 Å². The Hall–Kier alpha value is -1.98. The molecule has 1 aromatic rings. The normalized spacial score (nSPS) is 8.75. The maximum absolute atomic E-state index is 9.46. The third-order valence-electron chi connectivity index (χ3n) is 1.85. The average Bonchev–Trinajstić information content (AvgIpc) is 2.29. The van der Waals surface area contributed by atoms with Crippen molar-refractivity contribution in [3.8, 4) is 23.6 Å². The highest BCUT2D eigenvalue weighted by Gasteiger charge is 2.10. The Bertz CT molecular complexity index is 508. The van der Waals surface area contributed by atoms with Gasteiger partial charge in [0.25, 0.3) is 0 Å². The highest BCUT2D eigenvalue weighted by atomic mass is 79.9. The van der Waals surface area contributed by atoms with E-state index in [1.54, 1.807) is 18.2 Å². The van der Waals surface area contributed by atoms with Gasteiger partial charge in [-0.15, -0.1) is 0 Å². The summed E-state index contributed by atoms with van der Waals surface area (Å²) in [6.45, 7) is 0. The van der Waals surface area contributed by atoms with Crippen molar-refractivity contribution in [3.63, 3.8) is 0 Å². The number of rotatable bonds is 2. The molecule has 0 amide bonds. The Balaban J connectivity index is 3.35. The topological polar surface area (TPSA) is 77.0 Å². The number of allylic oxidation sites excluding steroid dienone is 1. The number of ether oxygens (including phenoxy) is 1. The number of hydrogen-bond donors (Lipinski definition) is 1. The molecule has 0 bridgehead atoms. The smallest absolute Gasteiger partial charge is 0.175 e. The molecule has 0 heterocycles. The highest BCUT2D eigenvalue weighted by molar-refractivity contribution is 9.10. The fraction of sp³-hybridized carbons (Fsp3) is 0.0909. The fourth-order valence-corrected chi connectivity index (χ4v) is 1.72. The summed E-state index contributed by atoms with van der Waals surface area (Å²) >= 11 is 3.23. The van der Waals surface area contributed by atoms with E-state index in [-0.39, 0.29) is 17.1 Å². The van der Waals surface area contributed by atoms with Crippen LogP contribution in [-0.2, 0) is 0 Å². The second kappa shape index (κ2) is 5.20. The lowest BCUT2D eigenvalue weighted by molar-refractivity contribution is 0.371. The molecule has 1 N–H and O–H groups in total. The molecular weight excluding hydrogens is 272 g/mol. The van der Waals surface area contributed by atoms with Crippen molar-refractivity contribution in [2.45, 2.75) is 0 Å². The first kappa shape index (κ1) is 12.1. The van der Waals surface area contributed by atoms with Crippen LogP contribution in [0.25, 0.3) is 6.08 Å². The van der Waals surface area contributed by atoms with Crippen LogP contribution in [0.2, 0.25) is 0 Å². The van der Waals surface area contributed by atoms with Gasteiger partial charge in [-0.3, -0.25) is 0 Å². The molecule has 1 rings (SSSR count). The molecule has 0 radical (unpaired) electrons. The van der Waals surface area contributed by atoms with Gasteiger partial charge in [-0.05, 0) is 39.7 Å². The lowest BCUT2D eigenvalue weighted by Crippen LogP contribution is -1.88. The third kappa shape index (κ3) is 2.33. The van der Waals surface area contributed by atoms with Gasteiger partial charge in [0.2, 0.25) is 0 Å². The van der Waals surface area contributed by atoms with Crippen LogP contribution >= 0.6 is 15.9 Å². The molecule has 4 nitrogen and oxygen atoms in total. The molecule has 0 atom stereocenters. The van der Waals surface area contributed by atoms with E-state index in [2.05, 4.69) is 15.9 Å². The Morgan fingerprint density at radius 1 is 1.44 bits per heavy atom. The molecule has 0 unspecified atom stereocenters. The van der Waals surface area contributed by atoms with E-state index in [1.165, 1.54) is 19.3 Å². The molecule has 0 saturated heterocycles. The van der Waals surface area contributed by atoms with E-state index in [0.717, 1.165) is 0 Å². The molecule has 5 heteroatoms. The Morgan fingerprint density at radius 3 is 2.56 bits per heavy atom. The monoisotopic (exact) mass is 278 g/mol. The van der Waals surface area contributed by atoms with Crippen LogP contribution < -0.4 is 4.74 Å². The van der Waals surface area contributed by atoms with Gasteiger partial charge in [-0.2, -0.15) is 10.5 Å². The zero-order valence-corrected chi connectivity index (χ0v) is 9.95. The van der Waals surface area contributed by atoms with Crippen LogP contribution in [0.1, 0.15) is 5.56 Å². The Kier molecular flexibility index (Phi) is 3.93. The lowest BCUT2D eigenvalue weighted by Gasteiger charge is -2.07. The summed E-state index contributed by atoms with van der Waals surface area (Å²) in [5, 5.41) is 26.7. The number of nitriles is 2. The first-order chi connectivity index (χ1) is 7.63. The second-order valence-electron chi connectivity index (χ2n) is 2.80. The minimum atomic E-state index is -0.0200. The number of methoxy groups -OCH3 is 1. The average molecular weight is 279 g/mol.